The summed E-state index contributed by atoms with van der Waals surface area (Å²) in [5, 5.41) is 7.59. The van der Waals surface area contributed by atoms with Gasteiger partial charge in [0.25, 0.3) is 0 Å². The van der Waals surface area contributed by atoms with Crippen LogP contribution in [0.4, 0.5) is 5.69 Å². The number of benzene rings is 1. The van der Waals surface area contributed by atoms with E-state index in [4.69, 9.17) is 5.73 Å². The Kier molecular flexibility index (Phi) is 2.49. The summed E-state index contributed by atoms with van der Waals surface area (Å²) in [6.07, 6.45) is 6.75. The molecule has 5 heteroatoms. The Labute approximate surface area is 104 Å². The number of nitrogens with zero attached hydrogens (tertiary/aromatic N) is 4. The summed E-state index contributed by atoms with van der Waals surface area (Å²) in [4.78, 5) is 4.10. The van der Waals surface area contributed by atoms with Crippen LogP contribution in [0.1, 0.15) is 0 Å². The minimum atomic E-state index is 0.655. The number of nitrogen functional groups attached to an aromatic ring is 1. The van der Waals surface area contributed by atoms with E-state index in [1.807, 2.05) is 34.9 Å². The molecule has 0 atom stereocenters. The van der Waals surface area contributed by atoms with Gasteiger partial charge in [-0.05, 0) is 23.8 Å². The highest BCUT2D eigenvalue weighted by molar-refractivity contribution is 5.67. The third-order valence-corrected chi connectivity index (χ3v) is 2.66. The third kappa shape index (κ3) is 1.93. The lowest BCUT2D eigenvalue weighted by Crippen LogP contribution is -1.91. The second kappa shape index (κ2) is 4.29. The normalized spacial score (nSPS) is 10.4. The molecule has 0 saturated carbocycles. The van der Waals surface area contributed by atoms with Crippen LogP contribution >= 0.6 is 0 Å². The monoisotopic (exact) mass is 237 g/mol. The van der Waals surface area contributed by atoms with Crippen molar-refractivity contribution >= 4 is 5.69 Å². The second-order valence-corrected chi connectivity index (χ2v) is 3.93. The highest BCUT2D eigenvalue weighted by Crippen LogP contribution is 2.22. The highest BCUT2D eigenvalue weighted by Gasteiger charge is 2.01. The van der Waals surface area contributed by atoms with Crippen LogP contribution in [-0.2, 0) is 0 Å². The van der Waals surface area contributed by atoms with Gasteiger partial charge in [-0.15, -0.1) is 10.2 Å². The minimum Gasteiger partial charge on any atom is -0.397 e. The van der Waals surface area contributed by atoms with E-state index in [-0.39, 0.29) is 0 Å². The summed E-state index contributed by atoms with van der Waals surface area (Å²) in [7, 11) is 0. The fourth-order valence-electron chi connectivity index (χ4n) is 1.80. The van der Waals surface area contributed by atoms with Gasteiger partial charge in [-0.3, -0.25) is 9.55 Å². The molecule has 2 N–H and O–H groups in total. The van der Waals surface area contributed by atoms with Crippen LogP contribution in [0, 0.1) is 0 Å². The van der Waals surface area contributed by atoms with Crippen molar-refractivity contribution in [2.24, 2.45) is 0 Å². The van der Waals surface area contributed by atoms with E-state index in [2.05, 4.69) is 15.2 Å². The maximum Gasteiger partial charge on any atom is 0.123 e. The van der Waals surface area contributed by atoms with Crippen molar-refractivity contribution in [2.75, 3.05) is 5.73 Å². The van der Waals surface area contributed by atoms with Crippen LogP contribution in [0.25, 0.3) is 16.8 Å². The van der Waals surface area contributed by atoms with Crippen LogP contribution in [0.3, 0.4) is 0 Å². The Morgan fingerprint density at radius 1 is 0.944 bits per heavy atom. The molecule has 0 aliphatic heterocycles. The molecule has 0 amide bonds. The molecule has 18 heavy (non-hydrogen) atoms. The Bertz CT molecular complexity index is 661. The van der Waals surface area contributed by atoms with Gasteiger partial charge < -0.3 is 5.73 Å². The first-order valence-corrected chi connectivity index (χ1v) is 5.49. The summed E-state index contributed by atoms with van der Waals surface area (Å²) >= 11 is 0. The Morgan fingerprint density at radius 2 is 1.78 bits per heavy atom. The Morgan fingerprint density at radius 3 is 2.56 bits per heavy atom. The number of nitrogens with two attached hydrogens (primary N) is 1. The van der Waals surface area contributed by atoms with E-state index in [1.165, 1.54) is 0 Å². The van der Waals surface area contributed by atoms with Gasteiger partial charge in [0.1, 0.15) is 12.7 Å². The van der Waals surface area contributed by atoms with Crippen LogP contribution in [0.15, 0.2) is 55.4 Å². The maximum atomic E-state index is 5.74. The maximum absolute atomic E-state index is 5.74. The van der Waals surface area contributed by atoms with E-state index >= 15 is 0 Å². The molecular formula is C13H11N5. The van der Waals surface area contributed by atoms with Gasteiger partial charge >= 0.3 is 0 Å². The topological polar surface area (TPSA) is 69.6 Å². The number of hydrogen-bond acceptors (Lipinski definition) is 4. The molecule has 0 aliphatic carbocycles. The molecule has 2 heterocycles. The first-order valence-electron chi connectivity index (χ1n) is 5.49. The molecule has 2 aromatic heterocycles. The molecule has 0 spiro atoms. The second-order valence-electron chi connectivity index (χ2n) is 3.93. The van der Waals surface area contributed by atoms with E-state index in [1.54, 1.807) is 25.0 Å². The van der Waals surface area contributed by atoms with E-state index < -0.39 is 0 Å². The van der Waals surface area contributed by atoms with Crippen molar-refractivity contribution in [1.82, 2.24) is 19.7 Å². The Hall–Kier alpha value is -2.69. The lowest BCUT2D eigenvalue weighted by atomic mass is 10.1. The number of rotatable bonds is 2. The molecule has 5 nitrogen and oxygen atoms in total. The van der Waals surface area contributed by atoms with Crippen molar-refractivity contribution in [1.29, 1.82) is 0 Å². The average Bonchev–Trinajstić information content (AvgIpc) is 2.93. The largest absolute Gasteiger partial charge is 0.397 e. The first-order chi connectivity index (χ1) is 8.83. The molecule has 0 bridgehead atoms. The van der Waals surface area contributed by atoms with Gasteiger partial charge in [-0.25, -0.2) is 0 Å². The summed E-state index contributed by atoms with van der Waals surface area (Å²) < 4.78 is 1.85. The molecule has 1 aromatic carbocycles. The SMILES string of the molecule is Nc1cncc(-c2cccc(-n3cnnc3)c2)c1. The number of pyridine rings is 1. The molecule has 0 fully saturated rings. The lowest BCUT2D eigenvalue weighted by molar-refractivity contribution is 1.06. The van der Waals surface area contributed by atoms with Crippen molar-refractivity contribution in [2.45, 2.75) is 0 Å². The smallest absolute Gasteiger partial charge is 0.123 e. The van der Waals surface area contributed by atoms with Crippen LogP contribution < -0.4 is 5.73 Å². The van der Waals surface area contributed by atoms with Crippen LogP contribution in [-0.4, -0.2) is 19.7 Å². The average molecular weight is 237 g/mol. The molecule has 88 valence electrons. The zero-order valence-corrected chi connectivity index (χ0v) is 9.56. The molecule has 0 saturated heterocycles. The molecule has 3 aromatic rings. The van der Waals surface area contributed by atoms with E-state index in [0.29, 0.717) is 5.69 Å². The summed E-state index contributed by atoms with van der Waals surface area (Å²) in [6, 6.07) is 9.93. The molecule has 0 radical (unpaired) electrons. The Balaban J connectivity index is 2.06. The molecule has 0 aliphatic rings. The zero-order valence-electron chi connectivity index (χ0n) is 9.56. The summed E-state index contributed by atoms with van der Waals surface area (Å²) in [6.45, 7) is 0. The zero-order chi connectivity index (χ0) is 12.4. The quantitative estimate of drug-likeness (QED) is 0.739. The fraction of sp³-hybridized carbons (Fsp3) is 0. The molecule has 0 unspecified atom stereocenters. The standard InChI is InChI=1S/C13H11N5/c14-12-4-11(6-15-7-12)10-2-1-3-13(5-10)18-8-16-17-9-18/h1-9H,14H2. The number of hydrogen-bond donors (Lipinski definition) is 1. The number of aromatic nitrogens is 4. The van der Waals surface area contributed by atoms with Crippen molar-refractivity contribution in [3.63, 3.8) is 0 Å². The minimum absolute atomic E-state index is 0.655. The van der Waals surface area contributed by atoms with E-state index in [0.717, 1.165) is 16.8 Å². The van der Waals surface area contributed by atoms with Crippen molar-refractivity contribution < 1.29 is 0 Å². The van der Waals surface area contributed by atoms with Crippen LogP contribution in [0.5, 0.6) is 0 Å². The first kappa shape index (κ1) is 10.5. The third-order valence-electron chi connectivity index (χ3n) is 2.66. The van der Waals surface area contributed by atoms with Crippen LogP contribution in [0.2, 0.25) is 0 Å². The van der Waals surface area contributed by atoms with Gasteiger partial charge in [-0.1, -0.05) is 12.1 Å². The summed E-state index contributed by atoms with van der Waals surface area (Å²) in [5.74, 6) is 0. The van der Waals surface area contributed by atoms with Crippen molar-refractivity contribution in [3.8, 4) is 16.8 Å². The summed E-state index contributed by atoms with van der Waals surface area (Å²) in [5.41, 5.74) is 9.44. The number of anilines is 1. The lowest BCUT2D eigenvalue weighted by Gasteiger charge is -2.06. The van der Waals surface area contributed by atoms with Gasteiger partial charge in [0.2, 0.25) is 0 Å². The van der Waals surface area contributed by atoms with E-state index in [9.17, 15) is 0 Å². The fourth-order valence-corrected chi connectivity index (χ4v) is 1.80. The van der Waals surface area contributed by atoms with Gasteiger partial charge in [-0.2, -0.15) is 0 Å². The predicted octanol–water partition coefficient (Wildman–Crippen LogP) is 1.91. The van der Waals surface area contributed by atoms with Gasteiger partial charge in [0.05, 0.1) is 5.69 Å². The predicted molar refractivity (Wildman–Crippen MR) is 69.0 cm³/mol. The molecular weight excluding hydrogens is 226 g/mol. The van der Waals surface area contributed by atoms with Gasteiger partial charge in [0, 0.05) is 23.6 Å². The van der Waals surface area contributed by atoms with Crippen molar-refractivity contribution in [3.05, 3.63) is 55.4 Å². The van der Waals surface area contributed by atoms with Gasteiger partial charge in [0.15, 0.2) is 0 Å². The highest BCUT2D eigenvalue weighted by atomic mass is 15.2. The molecule has 3 rings (SSSR count).